The van der Waals surface area contributed by atoms with Gasteiger partial charge in [-0.15, -0.1) is 0 Å². The minimum atomic E-state index is 0.868. The van der Waals surface area contributed by atoms with Crippen molar-refractivity contribution in [1.29, 1.82) is 10.8 Å². The zero-order valence-electron chi connectivity index (χ0n) is 7.30. The van der Waals surface area contributed by atoms with Crippen LogP contribution in [0.4, 0.5) is 5.69 Å². The second-order valence-corrected chi connectivity index (χ2v) is 1.86. The number of nitrogens with one attached hydrogen (secondary N) is 2. The second-order valence-electron chi connectivity index (χ2n) is 1.86. The molecule has 3 heteroatoms. The molecular weight excluding hydrogens is 150 g/mol. The summed E-state index contributed by atoms with van der Waals surface area (Å²) in [5.41, 5.74) is 7.53. The first kappa shape index (κ1) is 13.0. The van der Waals surface area contributed by atoms with Gasteiger partial charge in [0.25, 0.3) is 0 Å². The Bertz CT molecular complexity index is 188. The van der Waals surface area contributed by atoms with Gasteiger partial charge in [-0.2, -0.15) is 0 Å². The lowest BCUT2D eigenvalue weighted by atomic mass is 10.2. The molecule has 0 fully saturated rings. The van der Waals surface area contributed by atoms with Crippen LogP contribution < -0.4 is 5.73 Å². The third kappa shape index (κ3) is 5.17. The van der Waals surface area contributed by atoms with Crippen molar-refractivity contribution >= 4 is 19.1 Å². The lowest BCUT2D eigenvalue weighted by Crippen LogP contribution is -1.85. The molecule has 66 valence electrons. The standard InChI is InChI=1S/C7H9N.2CH3N/c1-6-4-2-3-5-7(6)8;2*1-2/h2-5H,8H2,1H3;2*2H,1H2. The van der Waals surface area contributed by atoms with Gasteiger partial charge in [-0.3, -0.25) is 0 Å². The van der Waals surface area contributed by atoms with E-state index in [1.807, 2.05) is 31.2 Å². The molecule has 0 aliphatic rings. The Morgan fingerprint density at radius 3 is 1.75 bits per heavy atom. The molecule has 12 heavy (non-hydrogen) atoms. The Balaban J connectivity index is 0. The van der Waals surface area contributed by atoms with Crippen LogP contribution in [0, 0.1) is 17.7 Å². The van der Waals surface area contributed by atoms with Crippen molar-refractivity contribution in [3.8, 4) is 0 Å². The third-order valence-electron chi connectivity index (χ3n) is 1.19. The fourth-order valence-corrected chi connectivity index (χ4v) is 0.587. The summed E-state index contributed by atoms with van der Waals surface area (Å²) in [5.74, 6) is 0. The number of hydrogen-bond acceptors (Lipinski definition) is 3. The molecule has 0 unspecified atom stereocenters. The zero-order chi connectivity index (χ0) is 9.98. The van der Waals surface area contributed by atoms with E-state index in [0.717, 1.165) is 11.3 Å². The topological polar surface area (TPSA) is 73.7 Å². The van der Waals surface area contributed by atoms with Crippen LogP contribution >= 0.6 is 0 Å². The second kappa shape index (κ2) is 9.36. The molecule has 0 spiro atoms. The van der Waals surface area contributed by atoms with Gasteiger partial charge in [0.2, 0.25) is 0 Å². The van der Waals surface area contributed by atoms with Crippen LogP contribution in [0.25, 0.3) is 0 Å². The Morgan fingerprint density at radius 2 is 1.50 bits per heavy atom. The smallest absolute Gasteiger partial charge is 0.0343 e. The van der Waals surface area contributed by atoms with Crippen molar-refractivity contribution in [2.24, 2.45) is 0 Å². The number of hydrogen-bond donors (Lipinski definition) is 3. The van der Waals surface area contributed by atoms with Crippen LogP contribution in [0.3, 0.4) is 0 Å². The molecule has 0 saturated heterocycles. The molecule has 0 bridgehead atoms. The molecule has 1 rings (SSSR count). The first-order valence-corrected chi connectivity index (χ1v) is 3.32. The fourth-order valence-electron chi connectivity index (χ4n) is 0.587. The summed E-state index contributed by atoms with van der Waals surface area (Å²) in [6.45, 7) is 7.00. The summed E-state index contributed by atoms with van der Waals surface area (Å²) in [6.07, 6.45) is 0. The molecule has 0 amide bonds. The largest absolute Gasteiger partial charge is 0.399 e. The molecule has 0 saturated carbocycles. The summed E-state index contributed by atoms with van der Waals surface area (Å²) in [4.78, 5) is 0. The number of rotatable bonds is 0. The Labute approximate surface area is 73.2 Å². The van der Waals surface area contributed by atoms with Crippen LogP contribution in [0.2, 0.25) is 0 Å². The van der Waals surface area contributed by atoms with Gasteiger partial charge in [-0.25, -0.2) is 0 Å². The Morgan fingerprint density at radius 1 is 1.08 bits per heavy atom. The highest BCUT2D eigenvalue weighted by Crippen LogP contribution is 2.06. The maximum absolute atomic E-state index is 5.52. The van der Waals surface area contributed by atoms with Crippen molar-refractivity contribution < 1.29 is 0 Å². The molecule has 0 aliphatic heterocycles. The van der Waals surface area contributed by atoms with Crippen LogP contribution in [0.5, 0.6) is 0 Å². The van der Waals surface area contributed by atoms with Crippen molar-refractivity contribution in [3.63, 3.8) is 0 Å². The highest BCUT2D eigenvalue weighted by atomic mass is 14.5. The van der Waals surface area contributed by atoms with Gasteiger partial charge in [0.15, 0.2) is 0 Å². The maximum atomic E-state index is 5.52. The number of aryl methyl sites for hydroxylation is 1. The fraction of sp³-hybridized carbons (Fsp3) is 0.111. The lowest BCUT2D eigenvalue weighted by Gasteiger charge is -1.93. The van der Waals surface area contributed by atoms with Gasteiger partial charge in [-0.05, 0) is 32.0 Å². The molecule has 0 aliphatic carbocycles. The first-order chi connectivity index (χ1) is 5.80. The molecule has 0 heterocycles. The van der Waals surface area contributed by atoms with E-state index in [1.165, 1.54) is 0 Å². The summed E-state index contributed by atoms with van der Waals surface area (Å²) in [6, 6.07) is 7.80. The third-order valence-corrected chi connectivity index (χ3v) is 1.19. The first-order valence-electron chi connectivity index (χ1n) is 3.32. The van der Waals surface area contributed by atoms with Gasteiger partial charge in [0.1, 0.15) is 0 Å². The average molecular weight is 165 g/mol. The number of anilines is 1. The van der Waals surface area contributed by atoms with Crippen LogP contribution in [-0.4, -0.2) is 13.4 Å². The molecule has 0 atom stereocenters. The van der Waals surface area contributed by atoms with Gasteiger partial charge in [-0.1, -0.05) is 18.2 Å². The molecule has 1 aromatic rings. The molecular formula is C9H15N3. The zero-order valence-corrected chi connectivity index (χ0v) is 7.30. The number of para-hydroxylation sites is 1. The summed E-state index contributed by atoms with van der Waals surface area (Å²) >= 11 is 0. The van der Waals surface area contributed by atoms with E-state index in [4.69, 9.17) is 16.6 Å². The van der Waals surface area contributed by atoms with Crippen LogP contribution in [-0.2, 0) is 0 Å². The minimum absolute atomic E-state index is 0.868. The molecule has 0 aromatic heterocycles. The number of benzene rings is 1. The predicted molar refractivity (Wildman–Crippen MR) is 55.3 cm³/mol. The SMILES string of the molecule is C=N.C=N.Cc1ccccc1N. The molecule has 4 N–H and O–H groups in total. The Kier molecular flexibility index (Phi) is 10.1. The maximum Gasteiger partial charge on any atom is 0.0343 e. The van der Waals surface area contributed by atoms with Gasteiger partial charge >= 0.3 is 0 Å². The monoisotopic (exact) mass is 165 g/mol. The summed E-state index contributed by atoms with van der Waals surface area (Å²) < 4.78 is 0. The van der Waals surface area contributed by atoms with E-state index in [0.29, 0.717) is 0 Å². The minimum Gasteiger partial charge on any atom is -0.399 e. The van der Waals surface area contributed by atoms with Gasteiger partial charge in [0, 0.05) is 5.69 Å². The quantitative estimate of drug-likeness (QED) is 0.399. The van der Waals surface area contributed by atoms with Crippen molar-refractivity contribution in [2.45, 2.75) is 6.92 Å². The van der Waals surface area contributed by atoms with Crippen LogP contribution in [0.1, 0.15) is 5.56 Å². The lowest BCUT2D eigenvalue weighted by molar-refractivity contribution is 1.47. The molecule has 0 radical (unpaired) electrons. The van der Waals surface area contributed by atoms with E-state index < -0.39 is 0 Å². The Hall–Kier alpha value is -1.64. The molecule has 3 nitrogen and oxygen atoms in total. The number of nitrogen functional groups attached to an aromatic ring is 1. The predicted octanol–water partition coefficient (Wildman–Crippen LogP) is 2.11. The highest BCUT2D eigenvalue weighted by molar-refractivity contribution is 5.44. The normalized spacial score (nSPS) is 6.75. The average Bonchev–Trinajstić information content (AvgIpc) is 2.17. The van der Waals surface area contributed by atoms with E-state index >= 15 is 0 Å². The molecule has 1 aromatic carbocycles. The number of nitrogens with two attached hydrogens (primary N) is 1. The van der Waals surface area contributed by atoms with Gasteiger partial charge < -0.3 is 16.6 Å². The summed E-state index contributed by atoms with van der Waals surface area (Å²) in [5, 5.41) is 11.0. The van der Waals surface area contributed by atoms with Crippen molar-refractivity contribution in [2.75, 3.05) is 5.73 Å². The van der Waals surface area contributed by atoms with E-state index in [-0.39, 0.29) is 0 Å². The summed E-state index contributed by atoms with van der Waals surface area (Å²) in [7, 11) is 0. The van der Waals surface area contributed by atoms with Gasteiger partial charge in [0.05, 0.1) is 0 Å². The van der Waals surface area contributed by atoms with E-state index in [2.05, 4.69) is 13.4 Å². The van der Waals surface area contributed by atoms with E-state index in [1.54, 1.807) is 0 Å². The highest BCUT2D eigenvalue weighted by Gasteiger charge is 1.84. The van der Waals surface area contributed by atoms with Crippen LogP contribution in [0.15, 0.2) is 24.3 Å². The van der Waals surface area contributed by atoms with E-state index in [9.17, 15) is 0 Å². The van der Waals surface area contributed by atoms with Crippen molar-refractivity contribution in [3.05, 3.63) is 29.8 Å². The van der Waals surface area contributed by atoms with Crippen molar-refractivity contribution in [1.82, 2.24) is 0 Å².